The highest BCUT2D eigenvalue weighted by molar-refractivity contribution is 6.37. The van der Waals surface area contributed by atoms with Gasteiger partial charge in [0, 0.05) is 12.3 Å². The first-order valence-electron chi connectivity index (χ1n) is 11.7. The smallest absolute Gasteiger partial charge is 0.286 e. The number of hydrogen-bond donors (Lipinski definition) is 0. The van der Waals surface area contributed by atoms with Crippen molar-refractivity contribution in [3.8, 4) is 0 Å². The highest BCUT2D eigenvalue weighted by atomic mass is 17.4. The van der Waals surface area contributed by atoms with E-state index in [1.165, 1.54) is 0 Å². The Morgan fingerprint density at radius 1 is 0.727 bits per heavy atom. The molecule has 0 aliphatic carbocycles. The standard InChI is InChI=1S/C25H42O8/c1-22(2,3)13-10-12-17(16-24(7,8)9)18(26)20(28)30-31-21(29)19(27)25(32-33-25)15-11-14-23(4,5)6/h17H,10-16H2,1-9H3. The van der Waals surface area contributed by atoms with Crippen LogP contribution in [0.4, 0.5) is 0 Å². The molecule has 8 nitrogen and oxygen atoms in total. The van der Waals surface area contributed by atoms with Crippen LogP contribution < -0.4 is 0 Å². The van der Waals surface area contributed by atoms with Crippen molar-refractivity contribution in [1.29, 1.82) is 0 Å². The van der Waals surface area contributed by atoms with Gasteiger partial charge in [-0.1, -0.05) is 68.7 Å². The lowest BCUT2D eigenvalue weighted by atomic mass is 9.79. The average molecular weight is 471 g/mol. The van der Waals surface area contributed by atoms with Crippen LogP contribution in [0.2, 0.25) is 0 Å². The maximum atomic E-state index is 12.7. The van der Waals surface area contributed by atoms with Gasteiger partial charge in [-0.2, -0.15) is 9.78 Å². The van der Waals surface area contributed by atoms with E-state index in [9.17, 15) is 19.2 Å². The number of carbonyl (C=O) groups is 4. The molecule has 8 heteroatoms. The largest absolute Gasteiger partial charge is 0.427 e. The van der Waals surface area contributed by atoms with Crippen molar-refractivity contribution in [3.63, 3.8) is 0 Å². The molecular formula is C25H42O8. The van der Waals surface area contributed by atoms with E-state index in [0.29, 0.717) is 19.3 Å². The van der Waals surface area contributed by atoms with Crippen LogP contribution in [0.5, 0.6) is 0 Å². The summed E-state index contributed by atoms with van der Waals surface area (Å²) in [4.78, 5) is 67.7. The van der Waals surface area contributed by atoms with Crippen molar-refractivity contribution < 1.29 is 38.7 Å². The lowest BCUT2D eigenvalue weighted by Crippen LogP contribution is -2.35. The van der Waals surface area contributed by atoms with E-state index in [4.69, 9.17) is 9.78 Å². The van der Waals surface area contributed by atoms with Crippen molar-refractivity contribution in [2.75, 3.05) is 0 Å². The Labute approximate surface area is 197 Å². The van der Waals surface area contributed by atoms with Gasteiger partial charge >= 0.3 is 23.5 Å². The topological polar surface area (TPSA) is 112 Å². The van der Waals surface area contributed by atoms with Gasteiger partial charge in [0.15, 0.2) is 0 Å². The Bertz CT molecular complexity index is 714. The molecule has 190 valence electrons. The van der Waals surface area contributed by atoms with Gasteiger partial charge in [-0.3, -0.25) is 9.59 Å². The molecule has 0 spiro atoms. The molecule has 0 bridgehead atoms. The Balaban J connectivity index is 2.63. The summed E-state index contributed by atoms with van der Waals surface area (Å²) in [6, 6.07) is 0. The van der Waals surface area contributed by atoms with E-state index in [1.807, 2.05) is 20.8 Å². The van der Waals surface area contributed by atoms with Crippen LogP contribution >= 0.6 is 0 Å². The van der Waals surface area contributed by atoms with Crippen molar-refractivity contribution in [3.05, 3.63) is 0 Å². The van der Waals surface area contributed by atoms with E-state index in [0.717, 1.165) is 19.3 Å². The van der Waals surface area contributed by atoms with Gasteiger partial charge in [0.25, 0.3) is 0 Å². The van der Waals surface area contributed by atoms with Gasteiger partial charge in [-0.15, -0.1) is 0 Å². The summed E-state index contributed by atoms with van der Waals surface area (Å²) in [6.45, 7) is 18.4. The zero-order valence-electron chi connectivity index (χ0n) is 21.8. The number of ketones is 2. The molecule has 0 radical (unpaired) electrons. The second-order valence-corrected chi connectivity index (χ2v) is 12.7. The zero-order valence-corrected chi connectivity index (χ0v) is 21.8. The maximum Gasteiger partial charge on any atom is 0.427 e. The fourth-order valence-corrected chi connectivity index (χ4v) is 3.59. The van der Waals surface area contributed by atoms with Gasteiger partial charge in [-0.05, 0) is 48.3 Å². The number of Topliss-reactive ketones (excluding diaryl/α,β-unsaturated/α-hetero) is 2. The number of rotatable bonds is 11. The lowest BCUT2D eigenvalue weighted by Gasteiger charge is -2.25. The van der Waals surface area contributed by atoms with Crippen LogP contribution in [0, 0.1) is 22.2 Å². The quantitative estimate of drug-likeness (QED) is 0.174. The van der Waals surface area contributed by atoms with Crippen molar-refractivity contribution in [1.82, 2.24) is 0 Å². The molecule has 1 atom stereocenters. The summed E-state index contributed by atoms with van der Waals surface area (Å²) >= 11 is 0. The molecule has 0 aromatic rings. The minimum absolute atomic E-state index is 0.0476. The molecule has 0 N–H and O–H groups in total. The summed E-state index contributed by atoms with van der Waals surface area (Å²) < 4.78 is 0. The van der Waals surface area contributed by atoms with E-state index in [-0.39, 0.29) is 22.7 Å². The Kier molecular flexibility index (Phi) is 9.82. The van der Waals surface area contributed by atoms with Crippen molar-refractivity contribution in [2.45, 2.75) is 113 Å². The normalized spacial score (nSPS) is 16.6. The monoisotopic (exact) mass is 470 g/mol. The van der Waals surface area contributed by atoms with Crippen LogP contribution in [0.3, 0.4) is 0 Å². The molecule has 1 saturated heterocycles. The van der Waals surface area contributed by atoms with Crippen LogP contribution in [0.1, 0.15) is 107 Å². The van der Waals surface area contributed by atoms with E-state index in [1.54, 1.807) is 0 Å². The van der Waals surface area contributed by atoms with Crippen LogP contribution in [-0.2, 0) is 38.7 Å². The summed E-state index contributed by atoms with van der Waals surface area (Å²) in [5, 5.41) is 0. The molecule has 1 fully saturated rings. The second-order valence-electron chi connectivity index (χ2n) is 12.7. The Morgan fingerprint density at radius 3 is 1.67 bits per heavy atom. The van der Waals surface area contributed by atoms with E-state index >= 15 is 0 Å². The van der Waals surface area contributed by atoms with E-state index < -0.39 is 35.2 Å². The predicted molar refractivity (Wildman–Crippen MR) is 121 cm³/mol. The van der Waals surface area contributed by atoms with Crippen LogP contribution in [-0.4, -0.2) is 29.3 Å². The first kappa shape index (κ1) is 29.2. The molecule has 0 aromatic carbocycles. The first-order valence-corrected chi connectivity index (χ1v) is 11.7. The third kappa shape index (κ3) is 11.3. The molecule has 1 rings (SSSR count). The fraction of sp³-hybridized carbons (Fsp3) is 0.840. The van der Waals surface area contributed by atoms with Gasteiger partial charge in [0.1, 0.15) is 0 Å². The van der Waals surface area contributed by atoms with Gasteiger partial charge in [0.2, 0.25) is 5.78 Å². The third-order valence-electron chi connectivity index (χ3n) is 5.35. The minimum atomic E-state index is -1.69. The molecular weight excluding hydrogens is 428 g/mol. The maximum absolute atomic E-state index is 12.7. The molecule has 0 aromatic heterocycles. The summed E-state index contributed by atoms with van der Waals surface area (Å²) in [5.41, 5.74) is -0.0252. The Hall–Kier alpha value is -1.80. The van der Waals surface area contributed by atoms with Crippen LogP contribution in [0.25, 0.3) is 0 Å². The highest BCUT2D eigenvalue weighted by Gasteiger charge is 2.59. The Morgan fingerprint density at radius 2 is 1.21 bits per heavy atom. The number of hydrogen-bond acceptors (Lipinski definition) is 8. The van der Waals surface area contributed by atoms with Gasteiger partial charge < -0.3 is 0 Å². The summed E-state index contributed by atoms with van der Waals surface area (Å²) in [7, 11) is 0. The summed E-state index contributed by atoms with van der Waals surface area (Å²) in [6.07, 6.45) is 4.22. The van der Waals surface area contributed by atoms with Gasteiger partial charge in [-0.25, -0.2) is 19.4 Å². The molecule has 0 saturated carbocycles. The molecule has 0 amide bonds. The zero-order chi connectivity index (χ0) is 25.7. The van der Waals surface area contributed by atoms with Crippen molar-refractivity contribution in [2.24, 2.45) is 22.2 Å². The number of carbonyl (C=O) groups excluding carboxylic acids is 4. The minimum Gasteiger partial charge on any atom is -0.286 e. The highest BCUT2D eigenvalue weighted by Crippen LogP contribution is 2.38. The molecule has 1 aliphatic heterocycles. The van der Waals surface area contributed by atoms with Crippen LogP contribution in [0.15, 0.2) is 0 Å². The lowest BCUT2D eigenvalue weighted by molar-refractivity contribution is -0.255. The second kappa shape index (κ2) is 11.1. The molecule has 1 aliphatic rings. The average Bonchev–Trinajstić information content (AvgIpc) is 3.41. The first-order chi connectivity index (χ1) is 14.9. The third-order valence-corrected chi connectivity index (χ3v) is 5.35. The SMILES string of the molecule is CC(C)(C)CCCC(CC(C)(C)C)C(=O)C(=O)OOC(=O)C(=O)C1(CCCC(C)(C)C)OO1. The summed E-state index contributed by atoms with van der Waals surface area (Å²) in [5.74, 6) is -6.86. The molecule has 33 heavy (non-hydrogen) atoms. The molecule has 1 unspecified atom stereocenters. The van der Waals surface area contributed by atoms with Gasteiger partial charge in [0.05, 0.1) is 0 Å². The van der Waals surface area contributed by atoms with Crippen molar-refractivity contribution >= 4 is 23.5 Å². The molecule has 1 heterocycles. The fourth-order valence-electron chi connectivity index (χ4n) is 3.59. The van der Waals surface area contributed by atoms with E-state index in [2.05, 4.69) is 51.3 Å². The predicted octanol–water partition coefficient (Wildman–Crippen LogP) is 5.27.